The average Bonchev–Trinajstić information content (AvgIpc) is 2.54. The second-order valence-electron chi connectivity index (χ2n) is 4.33. The van der Waals surface area contributed by atoms with Gasteiger partial charge in [0.2, 0.25) is 10.0 Å². The number of hydrogen-bond acceptors (Lipinski definition) is 4. The number of nitrogens with one attached hydrogen (secondary N) is 2. The Morgan fingerprint density at radius 1 is 1.41 bits per heavy atom. The maximum absolute atomic E-state index is 11.8. The molecular formula is C9H15N3O4S. The lowest BCUT2D eigenvalue weighted by Gasteiger charge is -2.36. The molecule has 1 atom stereocenters. The van der Waals surface area contributed by atoms with E-state index in [0.717, 1.165) is 0 Å². The van der Waals surface area contributed by atoms with Crippen LogP contribution in [0.4, 0.5) is 4.79 Å². The topological polar surface area (TPSA) is 95.6 Å². The van der Waals surface area contributed by atoms with Crippen molar-refractivity contribution in [2.75, 3.05) is 18.8 Å². The maximum Gasteiger partial charge on any atom is 0.322 e. The summed E-state index contributed by atoms with van der Waals surface area (Å²) in [6, 6.07) is -0.550. The minimum absolute atomic E-state index is 0.00134. The van der Waals surface area contributed by atoms with Crippen LogP contribution in [-0.4, -0.2) is 49.0 Å². The van der Waals surface area contributed by atoms with Crippen LogP contribution in [0.2, 0.25) is 0 Å². The van der Waals surface area contributed by atoms with Crippen LogP contribution in [-0.2, 0) is 14.8 Å². The number of carbonyl (C=O) groups excluding carboxylic acids is 2. The van der Waals surface area contributed by atoms with Crippen molar-refractivity contribution >= 4 is 22.0 Å². The highest BCUT2D eigenvalue weighted by Gasteiger charge is 2.50. The van der Waals surface area contributed by atoms with Gasteiger partial charge in [-0.15, -0.1) is 0 Å². The number of amides is 3. The first-order valence-corrected chi connectivity index (χ1v) is 7.12. The number of carbonyl (C=O) groups is 2. The van der Waals surface area contributed by atoms with Crippen LogP contribution in [0.25, 0.3) is 0 Å². The van der Waals surface area contributed by atoms with Gasteiger partial charge in [0.25, 0.3) is 5.91 Å². The van der Waals surface area contributed by atoms with Crippen LogP contribution in [0.15, 0.2) is 0 Å². The van der Waals surface area contributed by atoms with E-state index in [1.165, 1.54) is 4.31 Å². The van der Waals surface area contributed by atoms with E-state index < -0.39 is 27.5 Å². The van der Waals surface area contributed by atoms with Crippen molar-refractivity contribution in [3.8, 4) is 0 Å². The number of urea groups is 1. The van der Waals surface area contributed by atoms with Crippen molar-refractivity contribution < 1.29 is 18.0 Å². The molecule has 3 amide bonds. The molecular weight excluding hydrogens is 246 g/mol. The van der Waals surface area contributed by atoms with Crippen molar-refractivity contribution in [1.82, 2.24) is 14.9 Å². The summed E-state index contributed by atoms with van der Waals surface area (Å²) in [5.41, 5.74) is -1.07. The Hall–Kier alpha value is -1.15. The second-order valence-corrected chi connectivity index (χ2v) is 6.59. The molecule has 1 unspecified atom stereocenters. The molecule has 2 rings (SSSR count). The van der Waals surface area contributed by atoms with Crippen LogP contribution >= 0.6 is 0 Å². The van der Waals surface area contributed by atoms with E-state index in [9.17, 15) is 18.0 Å². The van der Waals surface area contributed by atoms with Crippen molar-refractivity contribution in [2.24, 2.45) is 0 Å². The zero-order valence-corrected chi connectivity index (χ0v) is 10.3. The molecule has 0 radical (unpaired) electrons. The van der Waals surface area contributed by atoms with Gasteiger partial charge in [0, 0.05) is 13.1 Å². The number of imide groups is 1. The first-order chi connectivity index (χ1) is 7.89. The molecule has 0 aliphatic carbocycles. The highest BCUT2D eigenvalue weighted by atomic mass is 32.2. The number of rotatable bonds is 2. The number of sulfonamides is 1. The van der Waals surface area contributed by atoms with Gasteiger partial charge >= 0.3 is 6.03 Å². The average molecular weight is 261 g/mol. The van der Waals surface area contributed by atoms with Crippen molar-refractivity contribution in [1.29, 1.82) is 0 Å². The van der Waals surface area contributed by atoms with Gasteiger partial charge in [-0.3, -0.25) is 10.1 Å². The highest BCUT2D eigenvalue weighted by molar-refractivity contribution is 7.89. The van der Waals surface area contributed by atoms with E-state index in [-0.39, 0.29) is 12.3 Å². The molecule has 2 N–H and O–H groups in total. The largest absolute Gasteiger partial charge is 0.322 e. The van der Waals surface area contributed by atoms with Gasteiger partial charge in [0.05, 0.1) is 5.75 Å². The fourth-order valence-corrected chi connectivity index (χ4v) is 3.44. The Kier molecular flexibility index (Phi) is 2.86. The normalized spacial score (nSPS) is 30.4. The molecule has 7 nitrogen and oxygen atoms in total. The Balaban J connectivity index is 2.23. The molecule has 2 aliphatic rings. The fourth-order valence-electron chi connectivity index (χ4n) is 2.25. The van der Waals surface area contributed by atoms with Gasteiger partial charge < -0.3 is 5.32 Å². The maximum atomic E-state index is 11.8. The van der Waals surface area contributed by atoms with E-state index in [4.69, 9.17) is 0 Å². The quantitative estimate of drug-likeness (QED) is 0.624. The lowest BCUT2D eigenvalue weighted by molar-refractivity contribution is -0.125. The third kappa shape index (κ3) is 2.02. The lowest BCUT2D eigenvalue weighted by atomic mass is 9.90. The summed E-state index contributed by atoms with van der Waals surface area (Å²) in [6.45, 7) is 1.99. The minimum atomic E-state index is -3.32. The highest BCUT2D eigenvalue weighted by Crippen LogP contribution is 2.26. The van der Waals surface area contributed by atoms with Gasteiger partial charge in [0.1, 0.15) is 5.54 Å². The summed E-state index contributed by atoms with van der Waals surface area (Å²) in [4.78, 5) is 22.8. The SMILES string of the molecule is CCS(=O)(=O)N1CCCC2(C1)NC(=O)NC2=O. The Labute approximate surface area is 99.6 Å². The van der Waals surface area contributed by atoms with Crippen LogP contribution < -0.4 is 10.6 Å². The zero-order valence-electron chi connectivity index (χ0n) is 9.52. The van der Waals surface area contributed by atoms with Crippen molar-refractivity contribution in [3.05, 3.63) is 0 Å². The summed E-state index contributed by atoms with van der Waals surface area (Å²) in [5, 5.41) is 4.70. The predicted octanol–water partition coefficient (Wildman–Crippen LogP) is -0.990. The molecule has 2 aliphatic heterocycles. The van der Waals surface area contributed by atoms with Gasteiger partial charge in [-0.25, -0.2) is 13.2 Å². The minimum Gasteiger partial charge on any atom is -0.322 e. The second kappa shape index (κ2) is 3.95. The van der Waals surface area contributed by atoms with E-state index in [1.54, 1.807) is 6.92 Å². The molecule has 0 aromatic carbocycles. The van der Waals surface area contributed by atoms with Crippen LogP contribution in [0.5, 0.6) is 0 Å². The molecule has 0 aromatic rings. The number of hydrogen-bond donors (Lipinski definition) is 2. The van der Waals surface area contributed by atoms with E-state index in [2.05, 4.69) is 10.6 Å². The molecule has 0 aromatic heterocycles. The van der Waals surface area contributed by atoms with Crippen molar-refractivity contribution in [2.45, 2.75) is 25.3 Å². The van der Waals surface area contributed by atoms with Gasteiger partial charge in [-0.1, -0.05) is 0 Å². The first kappa shape index (κ1) is 12.3. The summed E-state index contributed by atoms with van der Waals surface area (Å²) in [6.07, 6.45) is 1.03. The van der Waals surface area contributed by atoms with Gasteiger partial charge in [-0.05, 0) is 19.8 Å². The van der Waals surface area contributed by atoms with E-state index in [0.29, 0.717) is 19.4 Å². The summed E-state index contributed by atoms with van der Waals surface area (Å²) < 4.78 is 24.8. The lowest BCUT2D eigenvalue weighted by Crippen LogP contribution is -2.59. The van der Waals surface area contributed by atoms with Crippen LogP contribution in [0.3, 0.4) is 0 Å². The summed E-state index contributed by atoms with van der Waals surface area (Å²) in [5.74, 6) is -0.433. The molecule has 2 saturated heterocycles. The first-order valence-electron chi connectivity index (χ1n) is 5.51. The standard InChI is InChI=1S/C9H15N3O4S/c1-2-17(15,16)12-5-3-4-9(6-12)7(13)10-8(14)11-9/h2-6H2,1H3,(H2,10,11,13,14). The van der Waals surface area contributed by atoms with E-state index >= 15 is 0 Å². The number of nitrogens with zero attached hydrogens (tertiary/aromatic N) is 1. The molecule has 8 heteroatoms. The smallest absolute Gasteiger partial charge is 0.322 e. The molecule has 96 valence electrons. The third-order valence-electron chi connectivity index (χ3n) is 3.23. The molecule has 17 heavy (non-hydrogen) atoms. The Morgan fingerprint density at radius 3 is 2.65 bits per heavy atom. The van der Waals surface area contributed by atoms with Crippen LogP contribution in [0.1, 0.15) is 19.8 Å². The van der Waals surface area contributed by atoms with Crippen molar-refractivity contribution in [3.63, 3.8) is 0 Å². The fraction of sp³-hybridized carbons (Fsp3) is 0.778. The monoisotopic (exact) mass is 261 g/mol. The number of piperidine rings is 1. The molecule has 2 heterocycles. The summed E-state index contributed by atoms with van der Waals surface area (Å²) in [7, 11) is -3.32. The molecule has 0 bridgehead atoms. The molecule has 2 fully saturated rings. The zero-order chi connectivity index (χ0) is 12.7. The molecule has 1 spiro atoms. The van der Waals surface area contributed by atoms with Crippen LogP contribution in [0, 0.1) is 0 Å². The summed E-state index contributed by atoms with van der Waals surface area (Å²) >= 11 is 0. The molecule has 0 saturated carbocycles. The Morgan fingerprint density at radius 2 is 2.12 bits per heavy atom. The predicted molar refractivity (Wildman–Crippen MR) is 59.7 cm³/mol. The Bertz CT molecular complexity index is 461. The van der Waals surface area contributed by atoms with Gasteiger partial charge in [0.15, 0.2) is 0 Å². The van der Waals surface area contributed by atoms with Gasteiger partial charge in [-0.2, -0.15) is 4.31 Å². The third-order valence-corrected chi connectivity index (χ3v) is 5.06. The van der Waals surface area contributed by atoms with E-state index in [1.807, 2.05) is 0 Å².